The van der Waals surface area contributed by atoms with Gasteiger partial charge in [0.25, 0.3) is 0 Å². The number of rotatable bonds is 7. The monoisotopic (exact) mass is 572 g/mol. The summed E-state index contributed by atoms with van der Waals surface area (Å²) in [4.78, 5) is 32.7. The molecule has 10 nitrogen and oxygen atoms in total. The number of ether oxygens (including phenoxy) is 1. The lowest BCUT2D eigenvalue weighted by atomic mass is 10.1. The zero-order chi connectivity index (χ0) is 28.2. The summed E-state index contributed by atoms with van der Waals surface area (Å²) in [5.41, 5.74) is 1.37. The highest BCUT2D eigenvalue weighted by molar-refractivity contribution is 6.24. The number of aromatic nitrogens is 6. The Hall–Kier alpha value is -4.13. The highest BCUT2D eigenvalue weighted by atomic mass is 35.5. The number of halogens is 4. The van der Waals surface area contributed by atoms with Crippen molar-refractivity contribution in [2.45, 2.75) is 50.1 Å². The molecular weight excluding hydrogens is 549 g/mol. The van der Waals surface area contributed by atoms with Crippen LogP contribution in [0.4, 0.5) is 13.2 Å². The molecule has 2 aliphatic rings. The van der Waals surface area contributed by atoms with Gasteiger partial charge < -0.3 is 19.6 Å². The Kier molecular flexibility index (Phi) is 6.21. The van der Waals surface area contributed by atoms with Crippen LogP contribution in [-0.2, 0) is 24.3 Å². The van der Waals surface area contributed by atoms with Gasteiger partial charge in [0.2, 0.25) is 11.0 Å². The number of H-pyrrole nitrogens is 1. The smallest absolute Gasteiger partial charge is 0.434 e. The molecule has 0 bridgehead atoms. The molecular formula is C26H24ClF3N8O2. The Morgan fingerprint density at radius 3 is 2.60 bits per heavy atom. The van der Waals surface area contributed by atoms with Crippen LogP contribution in [0.2, 0.25) is 0 Å². The van der Waals surface area contributed by atoms with E-state index in [-0.39, 0.29) is 24.3 Å². The molecule has 1 atom stereocenters. The number of imidazole rings is 2. The SMILES string of the molecule is CCc1ncnc(OC)c1C1(Cl)N=c2c([nH]c(=O)n2Cc2ccc(-c3nc(C(F)(F)F)cn3C3CC3)cc2)=CN1. The lowest BCUT2D eigenvalue weighted by molar-refractivity contribution is -0.140. The summed E-state index contributed by atoms with van der Waals surface area (Å²) in [6.07, 6.45) is 1.69. The first-order valence-corrected chi connectivity index (χ1v) is 13.0. The second kappa shape index (κ2) is 9.51. The molecule has 1 unspecified atom stereocenters. The Balaban J connectivity index is 1.36. The number of fused-ring (bicyclic) bond motifs is 1. The molecule has 40 heavy (non-hydrogen) atoms. The lowest BCUT2D eigenvalue weighted by Gasteiger charge is -2.27. The third-order valence-corrected chi connectivity index (χ3v) is 7.30. The molecule has 1 saturated carbocycles. The van der Waals surface area contributed by atoms with E-state index in [0.29, 0.717) is 34.1 Å². The van der Waals surface area contributed by atoms with Crippen LogP contribution in [-0.4, -0.2) is 36.2 Å². The summed E-state index contributed by atoms with van der Waals surface area (Å²) >= 11 is 6.96. The fourth-order valence-electron chi connectivity index (χ4n) is 4.80. The zero-order valence-corrected chi connectivity index (χ0v) is 22.2. The molecule has 3 aromatic heterocycles. The van der Waals surface area contributed by atoms with Gasteiger partial charge in [0, 0.05) is 24.0 Å². The van der Waals surface area contributed by atoms with Gasteiger partial charge in [0.05, 0.1) is 24.9 Å². The predicted molar refractivity (Wildman–Crippen MR) is 139 cm³/mol. The fraction of sp³-hybridized carbons (Fsp3) is 0.346. The average molecular weight is 573 g/mol. The molecule has 6 rings (SSSR count). The van der Waals surface area contributed by atoms with Crippen LogP contribution in [0.25, 0.3) is 17.6 Å². The molecule has 1 aromatic carbocycles. The molecule has 4 aromatic rings. The summed E-state index contributed by atoms with van der Waals surface area (Å²) in [7, 11) is 1.47. The molecule has 208 valence electrons. The summed E-state index contributed by atoms with van der Waals surface area (Å²) in [6, 6.07) is 6.94. The number of hydrogen-bond acceptors (Lipinski definition) is 7. The summed E-state index contributed by atoms with van der Waals surface area (Å²) in [5, 5.41) is 1.94. The van der Waals surface area contributed by atoms with E-state index in [9.17, 15) is 18.0 Å². The molecule has 1 aliphatic carbocycles. The third-order valence-electron chi connectivity index (χ3n) is 6.92. The van der Waals surface area contributed by atoms with Crippen LogP contribution in [0.5, 0.6) is 5.88 Å². The topological polar surface area (TPSA) is 115 Å². The molecule has 0 amide bonds. The Morgan fingerprint density at radius 1 is 1.20 bits per heavy atom. The van der Waals surface area contributed by atoms with Gasteiger partial charge in [0.1, 0.15) is 17.5 Å². The lowest BCUT2D eigenvalue weighted by Crippen LogP contribution is -2.46. The van der Waals surface area contributed by atoms with Crippen LogP contribution in [0.15, 0.2) is 46.6 Å². The Morgan fingerprint density at radius 2 is 1.95 bits per heavy atom. The first-order valence-electron chi connectivity index (χ1n) is 12.6. The van der Waals surface area contributed by atoms with E-state index in [1.807, 2.05) is 6.92 Å². The minimum absolute atomic E-state index is 0.0207. The fourth-order valence-corrected chi connectivity index (χ4v) is 5.12. The minimum atomic E-state index is -4.52. The second-order valence-corrected chi connectivity index (χ2v) is 10.2. The molecule has 0 saturated heterocycles. The first-order chi connectivity index (χ1) is 19.1. The first kappa shape index (κ1) is 26.1. The van der Waals surface area contributed by atoms with Crippen molar-refractivity contribution in [1.29, 1.82) is 0 Å². The Labute approximate surface area is 230 Å². The van der Waals surface area contributed by atoms with Gasteiger partial charge in [-0.1, -0.05) is 42.8 Å². The van der Waals surface area contributed by atoms with Crippen molar-refractivity contribution in [3.8, 4) is 17.3 Å². The van der Waals surface area contributed by atoms with E-state index in [1.165, 1.54) is 18.0 Å². The van der Waals surface area contributed by atoms with Crippen molar-refractivity contribution in [3.63, 3.8) is 0 Å². The molecule has 2 N–H and O–H groups in total. The van der Waals surface area contributed by atoms with Gasteiger partial charge in [-0.15, -0.1) is 0 Å². The van der Waals surface area contributed by atoms with Crippen molar-refractivity contribution in [3.05, 3.63) is 80.6 Å². The summed E-state index contributed by atoms with van der Waals surface area (Å²) in [6.45, 7) is 2.06. The quantitative estimate of drug-likeness (QED) is 0.260. The maximum atomic E-state index is 13.3. The minimum Gasteiger partial charge on any atom is -0.481 e. The maximum absolute atomic E-state index is 13.3. The van der Waals surface area contributed by atoms with Crippen LogP contribution in [0.3, 0.4) is 0 Å². The third kappa shape index (κ3) is 4.53. The van der Waals surface area contributed by atoms with Crippen molar-refractivity contribution in [1.82, 2.24) is 34.4 Å². The van der Waals surface area contributed by atoms with Crippen LogP contribution in [0, 0.1) is 0 Å². The molecule has 0 radical (unpaired) electrons. The van der Waals surface area contributed by atoms with E-state index in [2.05, 4.69) is 30.2 Å². The van der Waals surface area contributed by atoms with Crippen LogP contribution >= 0.6 is 11.6 Å². The molecule has 1 aliphatic heterocycles. The van der Waals surface area contributed by atoms with E-state index in [1.54, 1.807) is 35.0 Å². The number of hydrogen-bond donors (Lipinski definition) is 2. The Bertz CT molecular complexity index is 1750. The molecule has 1 fully saturated rings. The number of aryl methyl sites for hydroxylation is 1. The van der Waals surface area contributed by atoms with Crippen molar-refractivity contribution in [2.24, 2.45) is 4.99 Å². The van der Waals surface area contributed by atoms with Crippen molar-refractivity contribution >= 4 is 17.8 Å². The van der Waals surface area contributed by atoms with Crippen LogP contribution in [0.1, 0.15) is 48.3 Å². The van der Waals surface area contributed by atoms with Crippen molar-refractivity contribution < 1.29 is 17.9 Å². The normalized spacial score (nSPS) is 18.4. The van der Waals surface area contributed by atoms with E-state index >= 15 is 0 Å². The van der Waals surface area contributed by atoms with Gasteiger partial charge >= 0.3 is 11.9 Å². The highest BCUT2D eigenvalue weighted by Gasteiger charge is 2.38. The zero-order valence-electron chi connectivity index (χ0n) is 21.5. The largest absolute Gasteiger partial charge is 0.481 e. The average Bonchev–Trinajstić information content (AvgIpc) is 3.61. The van der Waals surface area contributed by atoms with E-state index < -0.39 is 22.7 Å². The maximum Gasteiger partial charge on any atom is 0.434 e. The number of nitrogens with one attached hydrogen (secondary N) is 2. The molecule has 4 heterocycles. The van der Waals surface area contributed by atoms with Gasteiger partial charge in [-0.2, -0.15) is 13.2 Å². The number of aromatic amines is 1. The van der Waals surface area contributed by atoms with Crippen LogP contribution < -0.4 is 26.6 Å². The van der Waals surface area contributed by atoms with E-state index in [4.69, 9.17) is 16.3 Å². The standard InChI is InChI=1S/C26H24ClF3N8O2/c1-3-17-20(23(40-2)32-13-31-17)25(27)33-10-18-22(36-25)38(24(39)34-18)11-14-4-6-15(7-5-14)21-35-19(26(28,29)30)12-37(21)16-8-9-16/h4-7,10,12-13,16,33H,3,8-9,11H2,1-2H3,(H,34,39). The summed E-state index contributed by atoms with van der Waals surface area (Å²) in [5.74, 6) is 0.527. The van der Waals surface area contributed by atoms with E-state index in [0.717, 1.165) is 24.6 Å². The second-order valence-electron chi connectivity index (χ2n) is 9.62. The molecule has 0 spiro atoms. The van der Waals surface area contributed by atoms with Gasteiger partial charge in [0.15, 0.2) is 11.2 Å². The van der Waals surface area contributed by atoms with Gasteiger partial charge in [-0.25, -0.2) is 24.7 Å². The predicted octanol–water partition coefficient (Wildman–Crippen LogP) is 2.81. The number of benzene rings is 1. The number of nitrogens with zero attached hydrogens (tertiary/aromatic N) is 6. The van der Waals surface area contributed by atoms with Gasteiger partial charge in [-0.05, 0) is 24.8 Å². The number of alkyl halides is 4. The number of methoxy groups -OCH3 is 1. The van der Waals surface area contributed by atoms with Crippen molar-refractivity contribution in [2.75, 3.05) is 7.11 Å². The molecule has 14 heteroatoms. The highest BCUT2D eigenvalue weighted by Crippen LogP contribution is 2.41. The van der Waals surface area contributed by atoms with Gasteiger partial charge in [-0.3, -0.25) is 4.57 Å². The summed E-state index contributed by atoms with van der Waals surface area (Å²) < 4.78 is 48.4.